The molecule has 0 aromatic rings. The van der Waals surface area contributed by atoms with E-state index in [1.54, 1.807) is 6.92 Å². The Kier molecular flexibility index (Phi) is 6.57. The molecule has 4 unspecified atom stereocenters. The van der Waals surface area contributed by atoms with Gasteiger partial charge < -0.3 is 10.0 Å². The van der Waals surface area contributed by atoms with Gasteiger partial charge in [-0.1, -0.05) is 52.3 Å². The average Bonchev–Trinajstić information content (AvgIpc) is 2.56. The molecule has 2 fully saturated rings. The Labute approximate surface area is 147 Å². The summed E-state index contributed by atoms with van der Waals surface area (Å²) in [7, 11) is 0. The van der Waals surface area contributed by atoms with Crippen LogP contribution in [-0.4, -0.2) is 27.7 Å². The van der Waals surface area contributed by atoms with Crippen molar-refractivity contribution in [2.75, 3.05) is 0 Å². The maximum atomic E-state index is 9.60. The molecule has 0 aromatic carbocycles. The normalized spacial score (nSPS) is 35.5. The first-order valence-corrected chi connectivity index (χ1v) is 9.50. The molecule has 0 bridgehead atoms. The molecule has 3 heteroatoms. The Morgan fingerprint density at radius 1 is 1.35 bits per heavy atom. The summed E-state index contributed by atoms with van der Waals surface area (Å²) in [6.45, 7) is 16.4. The summed E-state index contributed by atoms with van der Waals surface area (Å²) in [5, 5.41) is 10.1. The molecule has 0 amide bonds. The summed E-state index contributed by atoms with van der Waals surface area (Å²) in [5.74, 6) is 0. The third-order valence-corrected chi connectivity index (χ3v) is 5.85. The Morgan fingerprint density at radius 2 is 1.91 bits per heavy atom. The van der Waals surface area contributed by atoms with E-state index in [4.69, 9.17) is 11.6 Å². The second-order valence-electron chi connectivity index (χ2n) is 6.30. The number of hydrogen-bond acceptors (Lipinski definition) is 2. The Hall–Kier alpha value is -0.730. The van der Waals surface area contributed by atoms with E-state index >= 15 is 0 Å². The van der Waals surface area contributed by atoms with Crippen LogP contribution in [0, 0.1) is 5.41 Å². The highest BCUT2D eigenvalue weighted by Crippen LogP contribution is 2.74. The van der Waals surface area contributed by atoms with E-state index in [2.05, 4.69) is 37.8 Å². The summed E-state index contributed by atoms with van der Waals surface area (Å²) in [6.07, 6.45) is 8.36. The van der Waals surface area contributed by atoms with Crippen LogP contribution >= 0.6 is 11.6 Å². The average molecular weight is 340 g/mol. The van der Waals surface area contributed by atoms with E-state index < -0.39 is 6.10 Å². The lowest BCUT2D eigenvalue weighted by molar-refractivity contribution is -0.178. The second-order valence-corrected chi connectivity index (χ2v) is 6.74. The molecule has 3 rings (SSSR count). The Bertz CT molecular complexity index is 520. The van der Waals surface area contributed by atoms with E-state index in [-0.39, 0.29) is 11.0 Å². The second kappa shape index (κ2) is 7.44. The van der Waals surface area contributed by atoms with Crippen LogP contribution in [0.2, 0.25) is 0 Å². The number of aliphatic hydroxyl groups is 1. The molecule has 1 saturated heterocycles. The van der Waals surface area contributed by atoms with Gasteiger partial charge in [-0.05, 0) is 51.3 Å². The van der Waals surface area contributed by atoms with Crippen LogP contribution in [0.3, 0.4) is 0 Å². The molecule has 23 heavy (non-hydrogen) atoms. The molecular formula is C20H34ClNO. The molecule has 132 valence electrons. The van der Waals surface area contributed by atoms with Crippen molar-refractivity contribution < 1.29 is 5.11 Å². The third kappa shape index (κ3) is 2.59. The zero-order valence-electron chi connectivity index (χ0n) is 16.1. The van der Waals surface area contributed by atoms with E-state index in [0.29, 0.717) is 11.1 Å². The molecule has 1 aliphatic carbocycles. The number of nitrogens with zero attached hydrogens (tertiary/aromatic N) is 1. The van der Waals surface area contributed by atoms with Crippen molar-refractivity contribution in [3.05, 3.63) is 34.5 Å². The van der Waals surface area contributed by atoms with E-state index in [1.165, 1.54) is 24.1 Å². The predicted molar refractivity (Wildman–Crippen MR) is 102 cm³/mol. The minimum Gasteiger partial charge on any atom is -0.388 e. The topological polar surface area (TPSA) is 23.5 Å². The minimum atomic E-state index is -0.594. The number of rotatable bonds is 3. The van der Waals surface area contributed by atoms with Crippen molar-refractivity contribution >= 4 is 11.6 Å². The maximum Gasteiger partial charge on any atom is 0.0867 e. The number of fused-ring (bicyclic) bond motifs is 4. The van der Waals surface area contributed by atoms with Gasteiger partial charge in [-0.25, -0.2) is 0 Å². The Balaban J connectivity index is 0.000000615. The maximum absolute atomic E-state index is 9.60. The van der Waals surface area contributed by atoms with Gasteiger partial charge in [0.1, 0.15) is 0 Å². The third-order valence-electron chi connectivity index (χ3n) is 5.42. The van der Waals surface area contributed by atoms with Crippen molar-refractivity contribution in [1.82, 2.24) is 4.90 Å². The zero-order valence-corrected chi connectivity index (χ0v) is 16.8. The first-order chi connectivity index (χ1) is 10.9. The van der Waals surface area contributed by atoms with Crippen molar-refractivity contribution in [3.8, 4) is 0 Å². The van der Waals surface area contributed by atoms with Crippen molar-refractivity contribution in [1.29, 1.82) is 0 Å². The van der Waals surface area contributed by atoms with Gasteiger partial charge in [-0.3, -0.25) is 0 Å². The molecule has 2 heterocycles. The van der Waals surface area contributed by atoms with Crippen LogP contribution in [-0.2, 0) is 0 Å². The fourth-order valence-electron chi connectivity index (χ4n) is 4.25. The van der Waals surface area contributed by atoms with Gasteiger partial charge in [0.15, 0.2) is 0 Å². The largest absolute Gasteiger partial charge is 0.388 e. The molecule has 3 aliphatic rings. The number of hydrogen-bond donors (Lipinski definition) is 1. The van der Waals surface area contributed by atoms with Gasteiger partial charge in [-0.15, -0.1) is 0 Å². The van der Waals surface area contributed by atoms with Crippen molar-refractivity contribution in [2.45, 2.75) is 85.9 Å². The summed E-state index contributed by atoms with van der Waals surface area (Å²) in [6, 6.07) is 0.525. The number of piperidine rings is 1. The minimum absolute atomic E-state index is 0.125. The summed E-state index contributed by atoms with van der Waals surface area (Å²) >= 11 is 6.17. The smallest absolute Gasteiger partial charge is 0.0867 e. The lowest BCUT2D eigenvalue weighted by Crippen LogP contribution is -2.82. The lowest BCUT2D eigenvalue weighted by Gasteiger charge is -2.80. The van der Waals surface area contributed by atoms with E-state index in [0.717, 1.165) is 0 Å². The highest BCUT2D eigenvalue weighted by Gasteiger charge is 2.75. The zero-order chi connectivity index (χ0) is 18.0. The molecule has 0 aromatic heterocycles. The molecular weight excluding hydrogens is 306 g/mol. The number of aliphatic hydroxyl groups excluding tert-OH is 1. The van der Waals surface area contributed by atoms with Crippen LogP contribution in [0.5, 0.6) is 0 Å². The first-order valence-electron chi connectivity index (χ1n) is 9.12. The quantitative estimate of drug-likeness (QED) is 0.673. The molecule has 0 spiro atoms. The predicted octanol–water partition coefficient (Wildman–Crippen LogP) is 5.63. The fourth-order valence-corrected chi connectivity index (χ4v) is 4.36. The van der Waals surface area contributed by atoms with E-state index in [9.17, 15) is 5.11 Å². The summed E-state index contributed by atoms with van der Waals surface area (Å²) in [5.41, 5.74) is 3.18. The van der Waals surface area contributed by atoms with Crippen LogP contribution in [0.15, 0.2) is 34.5 Å². The van der Waals surface area contributed by atoms with Crippen molar-refractivity contribution in [3.63, 3.8) is 0 Å². The van der Waals surface area contributed by atoms with Gasteiger partial charge in [-0.2, -0.15) is 0 Å². The van der Waals surface area contributed by atoms with Crippen LogP contribution in [0.25, 0.3) is 0 Å². The molecule has 2 nitrogen and oxygen atoms in total. The molecule has 1 saturated carbocycles. The number of halogens is 1. The standard InChI is InChI=1S/C16H22ClNO.2C2H6/c1-5-12(9-13(17)11(3)19)16-7-6-15(16,4)14-8-10(2)18(14)16;2*1-2/h5,8-11,19H,6-7H2,1-4H3;2*1-2H3/b12-5+,13-9+;;. The van der Waals surface area contributed by atoms with Gasteiger partial charge in [0, 0.05) is 22.2 Å². The highest BCUT2D eigenvalue weighted by molar-refractivity contribution is 6.30. The summed E-state index contributed by atoms with van der Waals surface area (Å²) < 4.78 is 0. The molecule has 2 aliphatic heterocycles. The lowest BCUT2D eigenvalue weighted by atomic mass is 9.41. The molecule has 0 radical (unpaired) electrons. The van der Waals surface area contributed by atoms with Gasteiger partial charge in [0.05, 0.1) is 11.6 Å². The molecule has 1 N–H and O–H groups in total. The fraction of sp³-hybridized carbons (Fsp3) is 0.700. The van der Waals surface area contributed by atoms with Crippen LogP contribution in [0.1, 0.15) is 68.2 Å². The molecule has 4 atom stereocenters. The monoisotopic (exact) mass is 339 g/mol. The van der Waals surface area contributed by atoms with Crippen LogP contribution < -0.4 is 0 Å². The van der Waals surface area contributed by atoms with Crippen LogP contribution in [0.4, 0.5) is 0 Å². The van der Waals surface area contributed by atoms with Gasteiger partial charge >= 0.3 is 0 Å². The number of allylic oxidation sites excluding steroid dienone is 1. The highest BCUT2D eigenvalue weighted by atomic mass is 35.5. The summed E-state index contributed by atoms with van der Waals surface area (Å²) in [4.78, 5) is 2.54. The van der Waals surface area contributed by atoms with E-state index in [1.807, 2.05) is 33.8 Å². The van der Waals surface area contributed by atoms with Gasteiger partial charge in [0.2, 0.25) is 0 Å². The van der Waals surface area contributed by atoms with Gasteiger partial charge in [0.25, 0.3) is 0 Å². The van der Waals surface area contributed by atoms with Crippen molar-refractivity contribution in [2.24, 2.45) is 5.41 Å². The Morgan fingerprint density at radius 3 is 2.26 bits per heavy atom. The SMILES string of the molecule is C/C=C(\C=C(\Cl)C(C)O)C12CCC1(C)C1=CC(C)N12.CC.CC. The first kappa shape index (κ1) is 20.3.